The molecule has 0 spiro atoms. The third-order valence-electron chi connectivity index (χ3n) is 3.48. The number of imide groups is 1. The van der Waals surface area contributed by atoms with Gasteiger partial charge < -0.3 is 19.9 Å². The summed E-state index contributed by atoms with van der Waals surface area (Å²) >= 11 is 0. The SMILES string of the molecule is O=C1CCC(NCC(O)COCC2CCCO2)C(=O)N1. The summed E-state index contributed by atoms with van der Waals surface area (Å²) in [7, 11) is 0. The molecular formula is C13H22N2O5. The quantitative estimate of drug-likeness (QED) is 0.516. The first-order valence-electron chi connectivity index (χ1n) is 7.09. The van der Waals surface area contributed by atoms with Crippen molar-refractivity contribution in [3.05, 3.63) is 0 Å². The molecule has 0 bridgehead atoms. The lowest BCUT2D eigenvalue weighted by Gasteiger charge is -2.23. The fraction of sp³-hybridized carbons (Fsp3) is 0.846. The van der Waals surface area contributed by atoms with Gasteiger partial charge in [-0.25, -0.2) is 0 Å². The van der Waals surface area contributed by atoms with E-state index in [1.54, 1.807) is 0 Å². The van der Waals surface area contributed by atoms with E-state index in [9.17, 15) is 14.7 Å². The third-order valence-corrected chi connectivity index (χ3v) is 3.48. The Hall–Kier alpha value is -1.02. The number of piperidine rings is 1. The van der Waals surface area contributed by atoms with Crippen molar-refractivity contribution in [2.24, 2.45) is 0 Å². The average Bonchev–Trinajstić information content (AvgIpc) is 2.91. The second-order valence-corrected chi connectivity index (χ2v) is 5.24. The van der Waals surface area contributed by atoms with Gasteiger partial charge in [0.15, 0.2) is 0 Å². The number of amides is 2. The summed E-state index contributed by atoms with van der Waals surface area (Å²) in [6.07, 6.45) is 2.33. The molecule has 7 nitrogen and oxygen atoms in total. The van der Waals surface area contributed by atoms with Crippen LogP contribution in [0.5, 0.6) is 0 Å². The van der Waals surface area contributed by atoms with Gasteiger partial charge in [0.1, 0.15) is 0 Å². The molecule has 0 saturated carbocycles. The molecule has 2 rings (SSSR count). The Bertz CT molecular complexity index is 344. The summed E-state index contributed by atoms with van der Waals surface area (Å²) in [5.74, 6) is -0.567. The van der Waals surface area contributed by atoms with E-state index >= 15 is 0 Å². The van der Waals surface area contributed by atoms with Crippen molar-refractivity contribution < 1.29 is 24.2 Å². The van der Waals surface area contributed by atoms with Gasteiger partial charge in [-0.1, -0.05) is 0 Å². The maximum absolute atomic E-state index is 11.5. The first-order valence-corrected chi connectivity index (χ1v) is 7.09. The van der Waals surface area contributed by atoms with E-state index in [1.807, 2.05) is 0 Å². The minimum atomic E-state index is -0.679. The van der Waals surface area contributed by atoms with Crippen molar-refractivity contribution in [3.63, 3.8) is 0 Å². The summed E-state index contributed by atoms with van der Waals surface area (Å²) in [6.45, 7) is 1.75. The van der Waals surface area contributed by atoms with Crippen molar-refractivity contribution in [1.82, 2.24) is 10.6 Å². The van der Waals surface area contributed by atoms with Crippen molar-refractivity contribution >= 4 is 11.8 Å². The van der Waals surface area contributed by atoms with Crippen LogP contribution in [0.15, 0.2) is 0 Å². The predicted molar refractivity (Wildman–Crippen MR) is 70.0 cm³/mol. The van der Waals surface area contributed by atoms with Crippen molar-refractivity contribution in [1.29, 1.82) is 0 Å². The number of nitrogens with one attached hydrogen (secondary N) is 2. The Balaban J connectivity index is 1.56. The number of carbonyl (C=O) groups excluding carboxylic acids is 2. The van der Waals surface area contributed by atoms with Crippen LogP contribution in [0.4, 0.5) is 0 Å². The highest BCUT2D eigenvalue weighted by molar-refractivity contribution is 6.00. The summed E-state index contributed by atoms with van der Waals surface area (Å²) in [6, 6.07) is -0.416. The zero-order chi connectivity index (χ0) is 14.4. The van der Waals surface area contributed by atoms with Crippen LogP contribution in [0, 0.1) is 0 Å². The molecule has 2 amide bonds. The number of hydrogen-bond donors (Lipinski definition) is 3. The number of aliphatic hydroxyl groups excluding tert-OH is 1. The van der Waals surface area contributed by atoms with E-state index in [0.29, 0.717) is 19.4 Å². The van der Waals surface area contributed by atoms with E-state index in [2.05, 4.69) is 10.6 Å². The van der Waals surface area contributed by atoms with Crippen LogP contribution in [0.3, 0.4) is 0 Å². The Kier molecular flexibility index (Phi) is 5.90. The van der Waals surface area contributed by atoms with Crippen LogP contribution in [0.1, 0.15) is 25.7 Å². The smallest absolute Gasteiger partial charge is 0.243 e. The normalized spacial score (nSPS) is 28.4. The first kappa shape index (κ1) is 15.4. The molecule has 0 aromatic carbocycles. The number of rotatable bonds is 7. The fourth-order valence-corrected chi connectivity index (χ4v) is 2.34. The van der Waals surface area contributed by atoms with Crippen LogP contribution in [0.2, 0.25) is 0 Å². The highest BCUT2D eigenvalue weighted by atomic mass is 16.5. The molecule has 0 radical (unpaired) electrons. The number of carbonyl (C=O) groups is 2. The average molecular weight is 286 g/mol. The molecule has 3 N–H and O–H groups in total. The van der Waals surface area contributed by atoms with E-state index < -0.39 is 12.1 Å². The zero-order valence-corrected chi connectivity index (χ0v) is 11.5. The molecule has 2 saturated heterocycles. The lowest BCUT2D eigenvalue weighted by molar-refractivity contribution is -0.134. The topological polar surface area (TPSA) is 96.9 Å². The van der Waals surface area contributed by atoms with Gasteiger partial charge in [0.2, 0.25) is 11.8 Å². The standard InChI is InChI=1S/C13H22N2O5/c16-9(7-19-8-10-2-1-5-20-10)6-14-11-3-4-12(17)15-13(11)18/h9-11,14,16H,1-8H2,(H,15,17,18). The van der Waals surface area contributed by atoms with Gasteiger partial charge in [0.05, 0.1) is 31.5 Å². The van der Waals surface area contributed by atoms with Gasteiger partial charge in [-0.3, -0.25) is 14.9 Å². The van der Waals surface area contributed by atoms with Crippen molar-refractivity contribution in [2.45, 2.75) is 43.9 Å². The molecule has 2 fully saturated rings. The summed E-state index contributed by atoms with van der Waals surface area (Å²) in [5.41, 5.74) is 0. The molecule has 2 heterocycles. The molecule has 0 aromatic heterocycles. The molecule has 7 heteroatoms. The van der Waals surface area contributed by atoms with Crippen LogP contribution < -0.4 is 10.6 Å². The third kappa shape index (κ3) is 4.82. The Labute approximate surface area is 118 Å². The molecule has 2 aliphatic heterocycles. The van der Waals surface area contributed by atoms with Crippen molar-refractivity contribution in [3.8, 4) is 0 Å². The number of hydrogen-bond acceptors (Lipinski definition) is 6. The predicted octanol–water partition coefficient (Wildman–Crippen LogP) is -1.06. The van der Waals surface area contributed by atoms with Crippen LogP contribution in [-0.2, 0) is 19.1 Å². The molecule has 3 unspecified atom stereocenters. The maximum atomic E-state index is 11.5. The van der Waals surface area contributed by atoms with E-state index in [-0.39, 0.29) is 31.1 Å². The molecule has 114 valence electrons. The molecule has 20 heavy (non-hydrogen) atoms. The first-order chi connectivity index (χ1) is 9.65. The number of ether oxygens (including phenoxy) is 2. The number of aliphatic hydroxyl groups is 1. The summed E-state index contributed by atoms with van der Waals surface area (Å²) in [5, 5.41) is 15.0. The van der Waals surface area contributed by atoms with Crippen LogP contribution in [0.25, 0.3) is 0 Å². The maximum Gasteiger partial charge on any atom is 0.243 e. The van der Waals surface area contributed by atoms with Gasteiger partial charge >= 0.3 is 0 Å². The summed E-state index contributed by atoms with van der Waals surface area (Å²) in [4.78, 5) is 22.5. The highest BCUT2D eigenvalue weighted by Crippen LogP contribution is 2.12. The molecule has 0 aliphatic carbocycles. The van der Waals surface area contributed by atoms with Gasteiger partial charge in [-0.15, -0.1) is 0 Å². The van der Waals surface area contributed by atoms with E-state index in [4.69, 9.17) is 9.47 Å². The lowest BCUT2D eigenvalue weighted by Crippen LogP contribution is -2.52. The van der Waals surface area contributed by atoms with Crippen LogP contribution >= 0.6 is 0 Å². The van der Waals surface area contributed by atoms with Gasteiger partial charge in [0, 0.05) is 19.6 Å². The second-order valence-electron chi connectivity index (χ2n) is 5.24. The Morgan fingerprint density at radius 2 is 2.30 bits per heavy atom. The van der Waals surface area contributed by atoms with Gasteiger partial charge in [-0.2, -0.15) is 0 Å². The molecule has 0 aromatic rings. The Morgan fingerprint density at radius 1 is 1.45 bits per heavy atom. The monoisotopic (exact) mass is 286 g/mol. The van der Waals surface area contributed by atoms with Gasteiger partial charge in [0.25, 0.3) is 0 Å². The molecule has 2 aliphatic rings. The highest BCUT2D eigenvalue weighted by Gasteiger charge is 2.26. The van der Waals surface area contributed by atoms with E-state index in [0.717, 1.165) is 19.4 Å². The van der Waals surface area contributed by atoms with E-state index in [1.165, 1.54) is 0 Å². The van der Waals surface area contributed by atoms with Crippen LogP contribution in [-0.4, -0.2) is 61.5 Å². The Morgan fingerprint density at radius 3 is 3.00 bits per heavy atom. The molecular weight excluding hydrogens is 264 g/mol. The summed E-state index contributed by atoms with van der Waals surface area (Å²) < 4.78 is 10.8. The minimum absolute atomic E-state index is 0.144. The fourth-order valence-electron chi connectivity index (χ4n) is 2.34. The second kappa shape index (κ2) is 7.68. The van der Waals surface area contributed by atoms with Crippen molar-refractivity contribution in [2.75, 3.05) is 26.4 Å². The minimum Gasteiger partial charge on any atom is -0.389 e. The van der Waals surface area contributed by atoms with Gasteiger partial charge in [-0.05, 0) is 19.3 Å². The zero-order valence-electron chi connectivity index (χ0n) is 11.5. The largest absolute Gasteiger partial charge is 0.389 e. The lowest BCUT2D eigenvalue weighted by atomic mass is 10.1. The molecule has 3 atom stereocenters.